The van der Waals surface area contributed by atoms with Crippen molar-refractivity contribution in [3.8, 4) is 33.8 Å². The average molecular weight is 374 g/mol. The zero-order valence-electron chi connectivity index (χ0n) is 15.5. The molecule has 2 unspecified atom stereocenters. The Morgan fingerprint density at radius 3 is 1.57 bits per heavy atom. The van der Waals surface area contributed by atoms with Crippen LogP contribution in [0.4, 0.5) is 0 Å². The Hall–Kier alpha value is -2.82. The average Bonchev–Trinajstić information content (AvgIpc) is 3.55. The normalized spacial score (nSPS) is 20.3. The van der Waals surface area contributed by atoms with E-state index in [4.69, 9.17) is 18.9 Å². The highest BCUT2D eigenvalue weighted by Gasteiger charge is 2.23. The Morgan fingerprint density at radius 1 is 0.679 bits per heavy atom. The first-order chi connectivity index (χ1) is 13.8. The molecule has 0 aliphatic carbocycles. The number of benzene rings is 3. The topological polar surface area (TPSA) is 40.2 Å². The first-order valence-electron chi connectivity index (χ1n) is 9.67. The van der Waals surface area contributed by atoms with Gasteiger partial charge in [0.1, 0.15) is 24.2 Å². The second kappa shape index (κ2) is 7.66. The summed E-state index contributed by atoms with van der Waals surface area (Å²) in [5, 5.41) is 0. The van der Waals surface area contributed by atoms with Crippen molar-refractivity contribution in [2.75, 3.05) is 19.8 Å². The predicted molar refractivity (Wildman–Crippen MR) is 108 cm³/mol. The molecule has 2 fully saturated rings. The van der Waals surface area contributed by atoms with Gasteiger partial charge in [-0.05, 0) is 46.5 Å². The van der Waals surface area contributed by atoms with E-state index in [0.29, 0.717) is 6.61 Å². The summed E-state index contributed by atoms with van der Waals surface area (Å²) in [6.07, 6.45) is 1.16. The lowest BCUT2D eigenvalue weighted by Crippen LogP contribution is -2.32. The quantitative estimate of drug-likeness (QED) is 0.550. The van der Waals surface area contributed by atoms with Gasteiger partial charge in [-0.3, -0.25) is 0 Å². The molecule has 2 atom stereocenters. The first kappa shape index (κ1) is 17.3. The summed E-state index contributed by atoms with van der Waals surface area (Å²) in [5.41, 5.74) is 4.70. The van der Waals surface area contributed by atoms with Gasteiger partial charge in [-0.15, -0.1) is 0 Å². The minimum absolute atomic E-state index is 0.0797. The zero-order valence-corrected chi connectivity index (χ0v) is 15.5. The summed E-state index contributed by atoms with van der Waals surface area (Å²) in [4.78, 5) is 0. The van der Waals surface area contributed by atoms with E-state index in [9.17, 15) is 0 Å². The Kier molecular flexibility index (Phi) is 4.73. The third-order valence-electron chi connectivity index (χ3n) is 5.02. The Balaban J connectivity index is 1.24. The highest BCUT2D eigenvalue weighted by atomic mass is 16.7. The third-order valence-corrected chi connectivity index (χ3v) is 5.02. The minimum atomic E-state index is -0.0797. The molecule has 2 aliphatic heterocycles. The molecular formula is C24H22O4. The SMILES string of the molecule is c1cc(-c2ccc(-c3ccc(OC4CCO4)cc3)cc2)ccc1OCC1CO1. The van der Waals surface area contributed by atoms with Crippen LogP contribution in [0.3, 0.4) is 0 Å². The molecule has 0 radical (unpaired) electrons. The van der Waals surface area contributed by atoms with Gasteiger partial charge in [-0.25, -0.2) is 0 Å². The lowest BCUT2D eigenvalue weighted by molar-refractivity contribution is -0.165. The van der Waals surface area contributed by atoms with Crippen molar-refractivity contribution >= 4 is 0 Å². The fourth-order valence-electron chi connectivity index (χ4n) is 3.14. The number of hydrogen-bond donors (Lipinski definition) is 0. The number of epoxide rings is 1. The Labute approximate surface area is 164 Å². The molecular weight excluding hydrogens is 352 g/mol. The maximum Gasteiger partial charge on any atom is 0.202 e. The van der Waals surface area contributed by atoms with E-state index in [1.54, 1.807) is 0 Å². The van der Waals surface area contributed by atoms with E-state index in [0.717, 1.165) is 31.1 Å². The van der Waals surface area contributed by atoms with Gasteiger partial charge in [0.25, 0.3) is 0 Å². The van der Waals surface area contributed by atoms with Crippen molar-refractivity contribution < 1.29 is 18.9 Å². The molecule has 4 heteroatoms. The molecule has 28 heavy (non-hydrogen) atoms. The van der Waals surface area contributed by atoms with Crippen molar-refractivity contribution in [3.63, 3.8) is 0 Å². The van der Waals surface area contributed by atoms with Crippen LogP contribution in [0.2, 0.25) is 0 Å². The number of rotatable bonds is 7. The smallest absolute Gasteiger partial charge is 0.202 e. The van der Waals surface area contributed by atoms with Crippen molar-refractivity contribution in [2.45, 2.75) is 18.8 Å². The summed E-state index contributed by atoms with van der Waals surface area (Å²) in [6, 6.07) is 25.0. The van der Waals surface area contributed by atoms with Gasteiger partial charge in [-0.2, -0.15) is 0 Å². The summed E-state index contributed by atoms with van der Waals surface area (Å²) in [6.45, 7) is 2.24. The van der Waals surface area contributed by atoms with Crippen LogP contribution in [0.5, 0.6) is 11.5 Å². The molecule has 0 saturated carbocycles. The second-order valence-electron chi connectivity index (χ2n) is 7.10. The van der Waals surface area contributed by atoms with Crippen LogP contribution in [0.25, 0.3) is 22.3 Å². The molecule has 142 valence electrons. The highest BCUT2D eigenvalue weighted by Crippen LogP contribution is 2.28. The van der Waals surface area contributed by atoms with E-state index in [1.165, 1.54) is 22.3 Å². The highest BCUT2D eigenvalue weighted by molar-refractivity contribution is 5.71. The zero-order chi connectivity index (χ0) is 18.8. The summed E-state index contributed by atoms with van der Waals surface area (Å²) >= 11 is 0. The molecule has 2 saturated heterocycles. The van der Waals surface area contributed by atoms with Crippen LogP contribution < -0.4 is 9.47 Å². The third kappa shape index (κ3) is 4.03. The van der Waals surface area contributed by atoms with Crippen LogP contribution >= 0.6 is 0 Å². The molecule has 0 amide bonds. The van der Waals surface area contributed by atoms with Gasteiger partial charge in [-0.1, -0.05) is 48.5 Å². The van der Waals surface area contributed by atoms with Gasteiger partial charge < -0.3 is 18.9 Å². The predicted octanol–water partition coefficient (Wildman–Crippen LogP) is 4.92. The molecule has 0 bridgehead atoms. The summed E-state index contributed by atoms with van der Waals surface area (Å²) in [5.74, 6) is 1.73. The summed E-state index contributed by atoms with van der Waals surface area (Å²) in [7, 11) is 0. The van der Waals surface area contributed by atoms with Gasteiger partial charge in [0.2, 0.25) is 6.29 Å². The van der Waals surface area contributed by atoms with Crippen LogP contribution in [-0.4, -0.2) is 32.2 Å². The van der Waals surface area contributed by atoms with Gasteiger partial charge in [0.05, 0.1) is 13.2 Å². The molecule has 3 aromatic carbocycles. The second-order valence-corrected chi connectivity index (χ2v) is 7.10. The molecule has 0 spiro atoms. The van der Waals surface area contributed by atoms with E-state index < -0.39 is 0 Å². The minimum Gasteiger partial charge on any atom is -0.491 e. The van der Waals surface area contributed by atoms with Crippen molar-refractivity contribution in [1.29, 1.82) is 0 Å². The van der Waals surface area contributed by atoms with Crippen LogP contribution in [-0.2, 0) is 9.47 Å². The first-order valence-corrected chi connectivity index (χ1v) is 9.67. The van der Waals surface area contributed by atoms with E-state index in [1.807, 2.05) is 24.3 Å². The van der Waals surface area contributed by atoms with Gasteiger partial charge in [0.15, 0.2) is 0 Å². The monoisotopic (exact) mass is 374 g/mol. The van der Waals surface area contributed by atoms with Crippen LogP contribution in [0.1, 0.15) is 6.42 Å². The van der Waals surface area contributed by atoms with Crippen LogP contribution in [0.15, 0.2) is 72.8 Å². The number of hydrogen-bond acceptors (Lipinski definition) is 4. The fraction of sp³-hybridized carbons (Fsp3) is 0.250. The molecule has 2 aliphatic rings. The maximum atomic E-state index is 5.72. The van der Waals surface area contributed by atoms with Crippen molar-refractivity contribution in [2.24, 2.45) is 0 Å². The molecule has 4 nitrogen and oxygen atoms in total. The Bertz CT molecular complexity index is 908. The summed E-state index contributed by atoms with van der Waals surface area (Å²) < 4.78 is 21.9. The fourth-order valence-corrected chi connectivity index (χ4v) is 3.14. The molecule has 0 aromatic heterocycles. The van der Waals surface area contributed by atoms with Crippen LogP contribution in [0, 0.1) is 0 Å². The van der Waals surface area contributed by atoms with Gasteiger partial charge in [0, 0.05) is 6.42 Å². The standard InChI is InChI=1S/C24H22O4/c1-3-18(20-7-11-22(12-8-20)28-24-13-14-25-24)4-2-17(1)19-5-9-21(10-6-19)26-15-23-16-27-23/h1-12,23-24H,13-16H2. The molecule has 5 rings (SSSR count). The molecule has 3 aromatic rings. The van der Waals surface area contributed by atoms with E-state index in [2.05, 4.69) is 48.5 Å². The van der Waals surface area contributed by atoms with Crippen molar-refractivity contribution in [1.82, 2.24) is 0 Å². The molecule has 2 heterocycles. The Morgan fingerprint density at radius 2 is 1.14 bits per heavy atom. The lowest BCUT2D eigenvalue weighted by atomic mass is 10.0. The lowest BCUT2D eigenvalue weighted by Gasteiger charge is -2.26. The van der Waals surface area contributed by atoms with E-state index in [-0.39, 0.29) is 12.4 Å². The molecule has 0 N–H and O–H groups in total. The van der Waals surface area contributed by atoms with E-state index >= 15 is 0 Å². The number of ether oxygens (including phenoxy) is 4. The largest absolute Gasteiger partial charge is 0.491 e. The van der Waals surface area contributed by atoms with Gasteiger partial charge >= 0.3 is 0 Å². The van der Waals surface area contributed by atoms with Crippen molar-refractivity contribution in [3.05, 3.63) is 72.8 Å². The maximum absolute atomic E-state index is 5.72.